The van der Waals surface area contributed by atoms with E-state index in [1.54, 1.807) is 0 Å². The molecule has 1 aliphatic rings. The van der Waals surface area contributed by atoms with E-state index in [0.29, 0.717) is 10.5 Å². The maximum atomic E-state index is 4.74. The molecular weight excluding hydrogens is 256 g/mol. The molecule has 1 N–H and O–H groups in total. The van der Waals surface area contributed by atoms with Gasteiger partial charge >= 0.3 is 0 Å². The quantitative estimate of drug-likeness (QED) is 0.911. The summed E-state index contributed by atoms with van der Waals surface area (Å²) in [6.07, 6.45) is 0. The Morgan fingerprint density at radius 1 is 1.44 bits per heavy atom. The molecule has 0 radical (unpaired) electrons. The van der Waals surface area contributed by atoms with Gasteiger partial charge in [0.05, 0.1) is 10.9 Å². The molecule has 2 heterocycles. The normalized spacial score (nSPS) is 25.9. The van der Waals surface area contributed by atoms with E-state index in [4.69, 9.17) is 4.98 Å². The molecule has 2 unspecified atom stereocenters. The lowest BCUT2D eigenvalue weighted by Crippen LogP contribution is -2.16. The third-order valence-corrected chi connectivity index (χ3v) is 6.78. The first kappa shape index (κ1) is 12.7. The predicted octanol–water partition coefficient (Wildman–Crippen LogP) is 3.16. The van der Waals surface area contributed by atoms with Crippen molar-refractivity contribution in [1.82, 2.24) is 10.3 Å². The standard InChI is InChI=1S/C11H18N2S3/c1-3-12-6-9-7-16-11(13-9)10-8(2)14-4-5-15-10/h7-8,10,12H,3-6H2,1-2H3. The lowest BCUT2D eigenvalue weighted by Gasteiger charge is -2.25. The molecule has 2 rings (SSSR count). The summed E-state index contributed by atoms with van der Waals surface area (Å²) in [4.78, 5) is 4.74. The van der Waals surface area contributed by atoms with E-state index >= 15 is 0 Å². The van der Waals surface area contributed by atoms with Gasteiger partial charge in [-0.25, -0.2) is 4.98 Å². The molecule has 5 heteroatoms. The van der Waals surface area contributed by atoms with E-state index in [1.165, 1.54) is 22.2 Å². The lowest BCUT2D eigenvalue weighted by atomic mass is 10.3. The molecule has 2 atom stereocenters. The van der Waals surface area contributed by atoms with Gasteiger partial charge in [0, 0.05) is 28.7 Å². The molecule has 0 aromatic carbocycles. The number of thiazole rings is 1. The number of rotatable bonds is 4. The predicted molar refractivity (Wildman–Crippen MR) is 76.6 cm³/mol. The fourth-order valence-corrected chi connectivity index (χ4v) is 5.69. The summed E-state index contributed by atoms with van der Waals surface area (Å²) in [5, 5.41) is 8.16. The summed E-state index contributed by atoms with van der Waals surface area (Å²) in [5.41, 5.74) is 1.20. The third kappa shape index (κ3) is 3.15. The lowest BCUT2D eigenvalue weighted by molar-refractivity contribution is 0.710. The van der Waals surface area contributed by atoms with Crippen molar-refractivity contribution in [3.8, 4) is 0 Å². The first-order valence-electron chi connectivity index (χ1n) is 5.69. The maximum Gasteiger partial charge on any atom is 0.107 e. The Morgan fingerprint density at radius 3 is 3.00 bits per heavy atom. The second-order valence-corrected chi connectivity index (χ2v) is 7.45. The molecule has 1 saturated heterocycles. The SMILES string of the molecule is CCNCc1csc(C2SCCSC2C)n1. The van der Waals surface area contributed by atoms with Crippen molar-refractivity contribution >= 4 is 34.9 Å². The van der Waals surface area contributed by atoms with E-state index in [-0.39, 0.29) is 0 Å². The third-order valence-electron chi connectivity index (χ3n) is 2.56. The highest BCUT2D eigenvalue weighted by Crippen LogP contribution is 2.43. The highest BCUT2D eigenvalue weighted by molar-refractivity contribution is 8.06. The van der Waals surface area contributed by atoms with Crippen molar-refractivity contribution in [2.24, 2.45) is 0 Å². The first-order valence-corrected chi connectivity index (χ1v) is 8.67. The van der Waals surface area contributed by atoms with Crippen LogP contribution in [0.2, 0.25) is 0 Å². The highest BCUT2D eigenvalue weighted by atomic mass is 32.2. The Kier molecular flexibility index (Phi) is 5.00. The number of hydrogen-bond acceptors (Lipinski definition) is 5. The summed E-state index contributed by atoms with van der Waals surface area (Å²) in [6, 6.07) is 0. The Morgan fingerprint density at radius 2 is 2.25 bits per heavy atom. The summed E-state index contributed by atoms with van der Waals surface area (Å²) in [7, 11) is 0. The van der Waals surface area contributed by atoms with Gasteiger partial charge in [-0.3, -0.25) is 0 Å². The zero-order chi connectivity index (χ0) is 11.4. The van der Waals surface area contributed by atoms with Crippen LogP contribution in [0.15, 0.2) is 5.38 Å². The number of nitrogens with one attached hydrogen (secondary N) is 1. The second-order valence-electron chi connectivity index (χ2n) is 3.82. The summed E-state index contributed by atoms with van der Waals surface area (Å²) in [5.74, 6) is 2.56. The Labute approximate surface area is 110 Å². The minimum atomic E-state index is 0.610. The average Bonchev–Trinajstić information content (AvgIpc) is 2.75. The molecule has 16 heavy (non-hydrogen) atoms. The van der Waals surface area contributed by atoms with E-state index in [9.17, 15) is 0 Å². The molecule has 0 amide bonds. The van der Waals surface area contributed by atoms with Gasteiger partial charge in [-0.05, 0) is 6.54 Å². The molecule has 1 fully saturated rings. The Hall–Kier alpha value is 0.290. The van der Waals surface area contributed by atoms with Crippen molar-refractivity contribution in [3.05, 3.63) is 16.1 Å². The topological polar surface area (TPSA) is 24.9 Å². The van der Waals surface area contributed by atoms with Crippen molar-refractivity contribution in [1.29, 1.82) is 0 Å². The molecule has 1 aromatic rings. The summed E-state index contributed by atoms with van der Waals surface area (Å²) in [6.45, 7) is 6.37. The molecule has 0 saturated carbocycles. The second kappa shape index (κ2) is 6.28. The molecule has 1 aliphatic heterocycles. The average molecular weight is 274 g/mol. The fourth-order valence-electron chi connectivity index (χ4n) is 1.69. The summed E-state index contributed by atoms with van der Waals surface area (Å²) >= 11 is 5.97. The number of hydrogen-bond donors (Lipinski definition) is 1. The zero-order valence-electron chi connectivity index (χ0n) is 9.73. The number of nitrogens with zero attached hydrogens (tertiary/aromatic N) is 1. The molecule has 1 aromatic heterocycles. The van der Waals surface area contributed by atoms with Crippen LogP contribution in [0.4, 0.5) is 0 Å². The van der Waals surface area contributed by atoms with Crippen molar-refractivity contribution in [2.45, 2.75) is 30.9 Å². The Balaban J connectivity index is 1.99. The largest absolute Gasteiger partial charge is 0.311 e. The minimum absolute atomic E-state index is 0.610. The van der Waals surface area contributed by atoms with Gasteiger partial charge in [0.15, 0.2) is 0 Å². The van der Waals surface area contributed by atoms with Gasteiger partial charge in [0.1, 0.15) is 5.01 Å². The Bertz CT molecular complexity index is 327. The van der Waals surface area contributed by atoms with Crippen LogP contribution < -0.4 is 5.32 Å². The van der Waals surface area contributed by atoms with Crippen LogP contribution in [0.1, 0.15) is 29.8 Å². The van der Waals surface area contributed by atoms with Crippen LogP contribution in [-0.2, 0) is 6.54 Å². The minimum Gasteiger partial charge on any atom is -0.311 e. The molecule has 90 valence electrons. The van der Waals surface area contributed by atoms with Gasteiger partial charge in [0.2, 0.25) is 0 Å². The molecule has 0 bridgehead atoms. The fraction of sp³-hybridized carbons (Fsp3) is 0.727. The van der Waals surface area contributed by atoms with Crippen LogP contribution >= 0.6 is 34.9 Å². The van der Waals surface area contributed by atoms with Gasteiger partial charge in [-0.1, -0.05) is 13.8 Å². The van der Waals surface area contributed by atoms with Crippen LogP contribution in [0.3, 0.4) is 0 Å². The van der Waals surface area contributed by atoms with E-state index < -0.39 is 0 Å². The summed E-state index contributed by atoms with van der Waals surface area (Å²) < 4.78 is 0. The van der Waals surface area contributed by atoms with Crippen molar-refractivity contribution in [3.63, 3.8) is 0 Å². The molecule has 0 aliphatic carbocycles. The van der Waals surface area contributed by atoms with Gasteiger partial charge < -0.3 is 5.32 Å². The van der Waals surface area contributed by atoms with E-state index in [1.807, 2.05) is 11.3 Å². The zero-order valence-corrected chi connectivity index (χ0v) is 12.2. The first-order chi connectivity index (χ1) is 7.81. The van der Waals surface area contributed by atoms with Crippen molar-refractivity contribution in [2.75, 3.05) is 18.1 Å². The number of aromatic nitrogens is 1. The molecule has 0 spiro atoms. The molecule has 2 nitrogen and oxygen atoms in total. The van der Waals surface area contributed by atoms with Crippen molar-refractivity contribution < 1.29 is 0 Å². The van der Waals surface area contributed by atoms with Crippen LogP contribution in [-0.4, -0.2) is 28.3 Å². The maximum absolute atomic E-state index is 4.74. The number of thioether (sulfide) groups is 2. The monoisotopic (exact) mass is 274 g/mol. The van der Waals surface area contributed by atoms with E-state index in [2.05, 4.69) is 48.1 Å². The van der Waals surface area contributed by atoms with Gasteiger partial charge in [0.25, 0.3) is 0 Å². The van der Waals surface area contributed by atoms with Crippen LogP contribution in [0, 0.1) is 0 Å². The van der Waals surface area contributed by atoms with Crippen LogP contribution in [0.5, 0.6) is 0 Å². The van der Waals surface area contributed by atoms with Gasteiger partial charge in [-0.15, -0.1) is 23.1 Å². The van der Waals surface area contributed by atoms with Gasteiger partial charge in [-0.2, -0.15) is 11.8 Å². The van der Waals surface area contributed by atoms with Crippen LogP contribution in [0.25, 0.3) is 0 Å². The molecular formula is C11H18N2S3. The van der Waals surface area contributed by atoms with E-state index in [0.717, 1.165) is 13.1 Å². The highest BCUT2D eigenvalue weighted by Gasteiger charge is 2.26. The smallest absolute Gasteiger partial charge is 0.107 e.